The molecule has 86 valence electrons. The third-order valence-corrected chi connectivity index (χ3v) is 2.92. The quantitative estimate of drug-likeness (QED) is 0.743. The standard InChI is InChI=1S/C15H21N/c1-5-7-11-14(16-6-2)15-12(3)9-8-10-13(15)4/h1,8-10,14,16H,6-7,11H2,2-4H3. The molecule has 0 saturated heterocycles. The van der Waals surface area contributed by atoms with Crippen LogP contribution >= 0.6 is 0 Å². The van der Waals surface area contributed by atoms with E-state index in [1.807, 2.05) is 0 Å². The Labute approximate surface area is 99.3 Å². The maximum absolute atomic E-state index is 5.35. The van der Waals surface area contributed by atoms with E-state index in [9.17, 15) is 0 Å². The highest BCUT2D eigenvalue weighted by molar-refractivity contribution is 5.36. The van der Waals surface area contributed by atoms with Gasteiger partial charge in [-0.2, -0.15) is 0 Å². The Balaban J connectivity index is 2.96. The number of aryl methyl sites for hydroxylation is 2. The summed E-state index contributed by atoms with van der Waals surface area (Å²) in [5, 5.41) is 3.52. The van der Waals surface area contributed by atoms with E-state index in [0.29, 0.717) is 6.04 Å². The van der Waals surface area contributed by atoms with Crippen molar-refractivity contribution in [3.63, 3.8) is 0 Å². The van der Waals surface area contributed by atoms with E-state index in [1.54, 1.807) is 0 Å². The van der Waals surface area contributed by atoms with Crippen LogP contribution in [0.15, 0.2) is 18.2 Å². The number of hydrogen-bond acceptors (Lipinski definition) is 1. The zero-order valence-corrected chi connectivity index (χ0v) is 10.5. The average Bonchev–Trinajstić information content (AvgIpc) is 2.25. The summed E-state index contributed by atoms with van der Waals surface area (Å²) >= 11 is 0. The number of terminal acetylenes is 1. The van der Waals surface area contributed by atoms with Gasteiger partial charge in [0.2, 0.25) is 0 Å². The lowest BCUT2D eigenvalue weighted by atomic mass is 9.93. The van der Waals surface area contributed by atoms with Gasteiger partial charge in [-0.15, -0.1) is 12.3 Å². The first-order valence-electron chi connectivity index (χ1n) is 5.93. The molecule has 0 amide bonds. The highest BCUT2D eigenvalue weighted by Gasteiger charge is 2.13. The van der Waals surface area contributed by atoms with Crippen LogP contribution in [0.2, 0.25) is 0 Å². The summed E-state index contributed by atoms with van der Waals surface area (Å²) in [4.78, 5) is 0. The molecule has 0 radical (unpaired) electrons. The van der Waals surface area contributed by atoms with Crippen molar-refractivity contribution in [3.05, 3.63) is 34.9 Å². The summed E-state index contributed by atoms with van der Waals surface area (Å²) in [6.07, 6.45) is 7.18. The van der Waals surface area contributed by atoms with Crippen molar-refractivity contribution in [2.75, 3.05) is 6.54 Å². The predicted octanol–water partition coefficient (Wildman–Crippen LogP) is 3.37. The van der Waals surface area contributed by atoms with Crippen molar-refractivity contribution in [2.24, 2.45) is 0 Å². The van der Waals surface area contributed by atoms with Crippen LogP contribution in [0.4, 0.5) is 0 Å². The predicted molar refractivity (Wildman–Crippen MR) is 70.4 cm³/mol. The van der Waals surface area contributed by atoms with Gasteiger partial charge in [0, 0.05) is 12.5 Å². The number of hydrogen-bond donors (Lipinski definition) is 1. The zero-order chi connectivity index (χ0) is 12.0. The Morgan fingerprint density at radius 1 is 1.31 bits per heavy atom. The van der Waals surface area contributed by atoms with Crippen molar-refractivity contribution >= 4 is 0 Å². The van der Waals surface area contributed by atoms with Gasteiger partial charge in [0.15, 0.2) is 0 Å². The lowest BCUT2D eigenvalue weighted by Gasteiger charge is -2.21. The molecule has 1 nitrogen and oxygen atoms in total. The molecular weight excluding hydrogens is 194 g/mol. The molecule has 1 atom stereocenters. The van der Waals surface area contributed by atoms with Crippen LogP contribution in [0, 0.1) is 26.2 Å². The Morgan fingerprint density at radius 3 is 2.44 bits per heavy atom. The van der Waals surface area contributed by atoms with Crippen LogP contribution in [0.3, 0.4) is 0 Å². The minimum atomic E-state index is 0.391. The molecular formula is C15H21N. The number of benzene rings is 1. The van der Waals surface area contributed by atoms with Crippen molar-refractivity contribution in [1.29, 1.82) is 0 Å². The molecule has 0 saturated carbocycles. The second kappa shape index (κ2) is 6.35. The first kappa shape index (κ1) is 12.8. The zero-order valence-electron chi connectivity index (χ0n) is 10.5. The molecule has 0 aliphatic carbocycles. The largest absolute Gasteiger partial charge is 0.310 e. The lowest BCUT2D eigenvalue weighted by Crippen LogP contribution is -2.22. The van der Waals surface area contributed by atoms with Gasteiger partial charge in [-0.1, -0.05) is 25.1 Å². The normalized spacial score (nSPS) is 12.1. The Hall–Kier alpha value is -1.26. The summed E-state index contributed by atoms with van der Waals surface area (Å²) in [5.41, 5.74) is 4.12. The molecule has 1 N–H and O–H groups in total. The second-order valence-corrected chi connectivity index (χ2v) is 4.16. The van der Waals surface area contributed by atoms with Crippen LogP contribution in [0.1, 0.15) is 42.5 Å². The van der Waals surface area contributed by atoms with Crippen molar-refractivity contribution in [3.8, 4) is 12.3 Å². The molecule has 1 aromatic carbocycles. The third-order valence-electron chi connectivity index (χ3n) is 2.92. The van der Waals surface area contributed by atoms with Gasteiger partial charge < -0.3 is 5.32 Å². The molecule has 0 fully saturated rings. The Morgan fingerprint density at radius 2 is 1.94 bits per heavy atom. The van der Waals surface area contributed by atoms with E-state index >= 15 is 0 Å². The van der Waals surface area contributed by atoms with E-state index in [2.05, 4.69) is 50.2 Å². The van der Waals surface area contributed by atoms with Gasteiger partial charge >= 0.3 is 0 Å². The highest BCUT2D eigenvalue weighted by Crippen LogP contribution is 2.25. The summed E-state index contributed by atoms with van der Waals surface area (Å²) in [7, 11) is 0. The van der Waals surface area contributed by atoms with Gasteiger partial charge in [-0.05, 0) is 43.5 Å². The highest BCUT2D eigenvalue weighted by atomic mass is 14.9. The van der Waals surface area contributed by atoms with Gasteiger partial charge in [0.05, 0.1) is 0 Å². The smallest absolute Gasteiger partial charge is 0.0334 e. The first-order chi connectivity index (χ1) is 7.70. The van der Waals surface area contributed by atoms with Crippen LogP contribution in [-0.4, -0.2) is 6.54 Å². The Bertz CT molecular complexity index is 353. The molecule has 1 rings (SSSR count). The van der Waals surface area contributed by atoms with E-state index in [0.717, 1.165) is 19.4 Å². The number of nitrogens with one attached hydrogen (secondary N) is 1. The topological polar surface area (TPSA) is 12.0 Å². The second-order valence-electron chi connectivity index (χ2n) is 4.16. The molecule has 1 unspecified atom stereocenters. The minimum absolute atomic E-state index is 0.391. The van der Waals surface area contributed by atoms with Crippen molar-refractivity contribution in [1.82, 2.24) is 5.32 Å². The molecule has 0 heterocycles. The van der Waals surface area contributed by atoms with Crippen molar-refractivity contribution < 1.29 is 0 Å². The summed E-state index contributed by atoms with van der Waals surface area (Å²) < 4.78 is 0. The molecule has 0 aliphatic heterocycles. The molecule has 0 aliphatic rings. The molecule has 16 heavy (non-hydrogen) atoms. The molecule has 0 aromatic heterocycles. The molecule has 1 aromatic rings. The third kappa shape index (κ3) is 3.12. The monoisotopic (exact) mass is 215 g/mol. The van der Waals surface area contributed by atoms with E-state index < -0.39 is 0 Å². The van der Waals surface area contributed by atoms with E-state index in [4.69, 9.17) is 6.42 Å². The fourth-order valence-corrected chi connectivity index (χ4v) is 2.20. The lowest BCUT2D eigenvalue weighted by molar-refractivity contribution is 0.518. The molecule has 1 heteroatoms. The van der Waals surface area contributed by atoms with E-state index in [1.165, 1.54) is 16.7 Å². The van der Waals surface area contributed by atoms with Crippen LogP contribution in [0.25, 0.3) is 0 Å². The maximum Gasteiger partial charge on any atom is 0.0334 e. The Kier molecular flexibility index (Phi) is 5.08. The van der Waals surface area contributed by atoms with E-state index in [-0.39, 0.29) is 0 Å². The summed E-state index contributed by atoms with van der Waals surface area (Å²) in [6.45, 7) is 7.45. The maximum atomic E-state index is 5.35. The van der Waals surface area contributed by atoms with Crippen LogP contribution in [-0.2, 0) is 0 Å². The van der Waals surface area contributed by atoms with Gasteiger partial charge in [0.1, 0.15) is 0 Å². The summed E-state index contributed by atoms with van der Waals surface area (Å²) in [6, 6.07) is 6.84. The fourth-order valence-electron chi connectivity index (χ4n) is 2.20. The minimum Gasteiger partial charge on any atom is -0.310 e. The van der Waals surface area contributed by atoms with Gasteiger partial charge in [-0.3, -0.25) is 0 Å². The van der Waals surface area contributed by atoms with Gasteiger partial charge in [0.25, 0.3) is 0 Å². The van der Waals surface area contributed by atoms with Crippen molar-refractivity contribution in [2.45, 2.75) is 39.7 Å². The first-order valence-corrected chi connectivity index (χ1v) is 5.93. The van der Waals surface area contributed by atoms with Gasteiger partial charge in [-0.25, -0.2) is 0 Å². The molecule has 0 spiro atoms. The summed E-state index contributed by atoms with van der Waals surface area (Å²) in [5.74, 6) is 2.73. The molecule has 0 bridgehead atoms. The van der Waals surface area contributed by atoms with Crippen LogP contribution in [0.5, 0.6) is 0 Å². The SMILES string of the molecule is C#CCCC(NCC)c1c(C)cccc1C. The number of rotatable bonds is 5. The van der Waals surface area contributed by atoms with Crippen LogP contribution < -0.4 is 5.32 Å². The fraction of sp³-hybridized carbons (Fsp3) is 0.467. The average molecular weight is 215 g/mol.